The normalized spacial score (nSPS) is 7.50. The van der Waals surface area contributed by atoms with Crippen molar-refractivity contribution in [1.29, 1.82) is 0 Å². The van der Waals surface area contributed by atoms with Crippen molar-refractivity contribution >= 4 is 13.6 Å². The predicted octanol–water partition coefficient (Wildman–Crippen LogP) is -0.278. The predicted molar refractivity (Wildman–Crippen MR) is 28.4 cm³/mol. The molecule has 0 aromatic carbocycles. The molecule has 0 aromatic rings. The van der Waals surface area contributed by atoms with Crippen molar-refractivity contribution < 1.29 is 4.79 Å². The fraction of sp³-hybridized carbons (Fsp3) is 0.250. The molecule has 0 fully saturated rings. The van der Waals surface area contributed by atoms with E-state index in [1.54, 1.807) is 7.85 Å². The summed E-state index contributed by atoms with van der Waals surface area (Å²) in [4.78, 5) is 10.0. The lowest BCUT2D eigenvalue weighted by molar-refractivity contribution is -0.113. The highest BCUT2D eigenvalue weighted by Crippen LogP contribution is 1.78. The van der Waals surface area contributed by atoms with Crippen LogP contribution < -0.4 is 0 Å². The molecule has 0 aliphatic heterocycles. The Bertz CT molecular complexity index is 73.5. The molecule has 0 unspecified atom stereocenters. The lowest BCUT2D eigenvalue weighted by Gasteiger charge is -1.80. The number of allylic oxidation sites excluding steroid dienone is 1. The first kappa shape index (κ1) is 5.47. The monoisotopic (exact) mass is 82.1 g/mol. The summed E-state index contributed by atoms with van der Waals surface area (Å²) in [6, 6.07) is 0. The summed E-state index contributed by atoms with van der Waals surface area (Å²) >= 11 is 0. The highest BCUT2D eigenvalue weighted by molar-refractivity contribution is 6.35. The number of ketones is 1. The lowest BCUT2D eigenvalue weighted by Crippen LogP contribution is -1.91. The van der Waals surface area contributed by atoms with E-state index in [2.05, 4.69) is 6.58 Å². The van der Waals surface area contributed by atoms with Crippen LogP contribution in [-0.4, -0.2) is 13.6 Å². The van der Waals surface area contributed by atoms with Crippen molar-refractivity contribution in [2.45, 2.75) is 6.92 Å². The first-order chi connectivity index (χ1) is 2.64. The summed E-state index contributed by atoms with van der Waals surface area (Å²) in [7, 11) is 1.70. The molecule has 0 heterocycles. The van der Waals surface area contributed by atoms with E-state index in [4.69, 9.17) is 0 Å². The van der Waals surface area contributed by atoms with Crippen LogP contribution in [0.5, 0.6) is 0 Å². The molecule has 0 aliphatic carbocycles. The van der Waals surface area contributed by atoms with Crippen molar-refractivity contribution in [2.75, 3.05) is 0 Å². The van der Waals surface area contributed by atoms with Gasteiger partial charge in [0.15, 0.2) is 0 Å². The molecule has 0 amide bonds. The van der Waals surface area contributed by atoms with Crippen molar-refractivity contribution in [3.05, 3.63) is 12.1 Å². The van der Waals surface area contributed by atoms with Gasteiger partial charge >= 0.3 is 0 Å². The molecule has 1 nitrogen and oxygen atoms in total. The minimum absolute atomic E-state index is 0.0648. The number of carbonyl (C=O) groups is 1. The maximum Gasteiger partial charge on any atom is 0.145 e. The molecule has 0 saturated heterocycles. The Kier molecular flexibility index (Phi) is 1.64. The molecular formula is C4H7BO. The van der Waals surface area contributed by atoms with Gasteiger partial charge in [0.2, 0.25) is 0 Å². The van der Waals surface area contributed by atoms with Gasteiger partial charge in [-0.1, -0.05) is 5.47 Å². The van der Waals surface area contributed by atoms with Crippen molar-refractivity contribution in [1.82, 2.24) is 0 Å². The second kappa shape index (κ2) is 1.80. The molecule has 0 bridgehead atoms. The number of rotatable bonds is 1. The molecular weight excluding hydrogens is 74.9 g/mol. The second-order valence-corrected chi connectivity index (χ2v) is 1.34. The maximum atomic E-state index is 10.0. The minimum Gasteiger partial charge on any atom is -0.296 e. The molecule has 6 heavy (non-hydrogen) atoms. The Morgan fingerprint density at radius 2 is 2.00 bits per heavy atom. The standard InChI is InChI=1S/C4H7BO/c1-3(5)4(2)6/h1,5H2,2H3. The van der Waals surface area contributed by atoms with E-state index >= 15 is 0 Å². The van der Waals surface area contributed by atoms with Crippen LogP contribution in [0.2, 0.25) is 0 Å². The zero-order valence-corrected chi connectivity index (χ0v) is 4.12. The van der Waals surface area contributed by atoms with Gasteiger partial charge in [-0.3, -0.25) is 4.79 Å². The van der Waals surface area contributed by atoms with Gasteiger partial charge in [0.05, 0.1) is 0 Å². The van der Waals surface area contributed by atoms with Crippen LogP contribution in [0.3, 0.4) is 0 Å². The molecule has 0 aromatic heterocycles. The third kappa shape index (κ3) is 1.76. The average Bonchev–Trinajstić information content (AvgIpc) is 1.36. The van der Waals surface area contributed by atoms with E-state index in [0.29, 0.717) is 5.47 Å². The van der Waals surface area contributed by atoms with Crippen molar-refractivity contribution in [3.8, 4) is 0 Å². The van der Waals surface area contributed by atoms with Crippen LogP contribution in [0.4, 0.5) is 0 Å². The summed E-state index contributed by atoms with van der Waals surface area (Å²) in [5, 5.41) is 0. The molecule has 0 radical (unpaired) electrons. The number of Topliss-reactive ketones (excluding diaryl/α,β-unsaturated/α-hetero) is 1. The van der Waals surface area contributed by atoms with E-state index in [-0.39, 0.29) is 5.78 Å². The number of hydrogen-bond donors (Lipinski definition) is 0. The summed E-state index contributed by atoms with van der Waals surface area (Å²) in [5.41, 5.74) is 0.620. The SMILES string of the molecule is BC(=C)C(C)=O. The first-order valence-electron chi connectivity index (χ1n) is 1.81. The summed E-state index contributed by atoms with van der Waals surface area (Å²) in [6.45, 7) is 4.91. The molecule has 0 aliphatic rings. The van der Waals surface area contributed by atoms with Gasteiger partial charge in [0.25, 0.3) is 0 Å². The van der Waals surface area contributed by atoms with E-state index < -0.39 is 0 Å². The van der Waals surface area contributed by atoms with Crippen LogP contribution in [0, 0.1) is 0 Å². The molecule has 2 heteroatoms. The minimum atomic E-state index is 0.0648. The quantitative estimate of drug-likeness (QED) is 0.314. The van der Waals surface area contributed by atoms with Crippen LogP contribution >= 0.6 is 0 Å². The molecule has 32 valence electrons. The van der Waals surface area contributed by atoms with E-state index in [1.165, 1.54) is 6.92 Å². The van der Waals surface area contributed by atoms with Gasteiger partial charge in [-0.05, 0) is 6.92 Å². The maximum absolute atomic E-state index is 10.0. The molecule has 0 saturated carbocycles. The molecule has 0 atom stereocenters. The first-order valence-corrected chi connectivity index (χ1v) is 1.81. The molecule has 0 rings (SSSR count). The highest BCUT2D eigenvalue weighted by atomic mass is 16.1. The fourth-order valence-corrected chi connectivity index (χ4v) is 0. The molecule has 0 spiro atoms. The van der Waals surface area contributed by atoms with Gasteiger partial charge in [0.1, 0.15) is 13.6 Å². The lowest BCUT2D eigenvalue weighted by atomic mass is 9.95. The topological polar surface area (TPSA) is 17.1 Å². The fourth-order valence-electron chi connectivity index (χ4n) is 0. The summed E-state index contributed by atoms with van der Waals surface area (Å²) in [5.74, 6) is 0.0648. The largest absolute Gasteiger partial charge is 0.296 e. The number of hydrogen-bond acceptors (Lipinski definition) is 1. The van der Waals surface area contributed by atoms with Gasteiger partial charge in [-0.2, -0.15) is 0 Å². The van der Waals surface area contributed by atoms with Crippen LogP contribution in [0.15, 0.2) is 12.1 Å². The Morgan fingerprint density at radius 1 is 1.83 bits per heavy atom. The zero-order chi connectivity index (χ0) is 5.15. The zero-order valence-electron chi connectivity index (χ0n) is 4.12. The summed E-state index contributed by atoms with van der Waals surface area (Å²) < 4.78 is 0. The van der Waals surface area contributed by atoms with Crippen molar-refractivity contribution in [3.63, 3.8) is 0 Å². The van der Waals surface area contributed by atoms with Crippen molar-refractivity contribution in [2.24, 2.45) is 0 Å². The van der Waals surface area contributed by atoms with Crippen LogP contribution in [0.25, 0.3) is 0 Å². The highest BCUT2D eigenvalue weighted by Gasteiger charge is 1.86. The summed E-state index contributed by atoms with van der Waals surface area (Å²) in [6.07, 6.45) is 0. The van der Waals surface area contributed by atoms with Gasteiger partial charge in [-0.25, -0.2) is 0 Å². The Hall–Kier alpha value is -0.525. The van der Waals surface area contributed by atoms with Gasteiger partial charge in [0, 0.05) is 0 Å². The Labute approximate surface area is 38.5 Å². The van der Waals surface area contributed by atoms with Gasteiger partial charge < -0.3 is 0 Å². The van der Waals surface area contributed by atoms with Crippen LogP contribution in [0.1, 0.15) is 6.92 Å². The van der Waals surface area contributed by atoms with Crippen LogP contribution in [-0.2, 0) is 4.79 Å². The smallest absolute Gasteiger partial charge is 0.145 e. The third-order valence-corrected chi connectivity index (χ3v) is 0.601. The van der Waals surface area contributed by atoms with E-state index in [9.17, 15) is 4.79 Å². The Balaban J connectivity index is 3.57. The average molecular weight is 81.9 g/mol. The van der Waals surface area contributed by atoms with Gasteiger partial charge in [-0.15, -0.1) is 6.58 Å². The molecule has 0 N–H and O–H groups in total. The Morgan fingerprint density at radius 3 is 2.00 bits per heavy atom. The van der Waals surface area contributed by atoms with E-state index in [1.807, 2.05) is 0 Å². The third-order valence-electron chi connectivity index (χ3n) is 0.601. The number of carbonyl (C=O) groups excluding carboxylic acids is 1. The van der Waals surface area contributed by atoms with E-state index in [0.717, 1.165) is 0 Å². The second-order valence-electron chi connectivity index (χ2n) is 1.34.